The molecule has 5 nitrogen and oxygen atoms in total. The molecule has 0 saturated carbocycles. The molecule has 0 aliphatic heterocycles. The third-order valence-electron chi connectivity index (χ3n) is 4.27. The maximum atomic E-state index is 12.8. The number of hydrogen-bond acceptors (Lipinski definition) is 5. The molecular formula is C20H20N2O3S. The van der Waals surface area contributed by atoms with Crippen LogP contribution in [0.1, 0.15) is 44.0 Å². The van der Waals surface area contributed by atoms with Crippen molar-refractivity contribution in [3.8, 4) is 10.4 Å². The Hall–Kier alpha value is -2.73. The molecule has 0 radical (unpaired) electrons. The maximum Gasteiger partial charge on any atom is 0.253 e. The van der Waals surface area contributed by atoms with Crippen molar-refractivity contribution in [2.45, 2.75) is 27.3 Å². The van der Waals surface area contributed by atoms with E-state index >= 15 is 0 Å². The van der Waals surface area contributed by atoms with Gasteiger partial charge in [0.15, 0.2) is 5.78 Å². The fourth-order valence-electron chi connectivity index (χ4n) is 2.74. The molecule has 0 spiro atoms. The average molecular weight is 368 g/mol. The zero-order valence-corrected chi connectivity index (χ0v) is 16.0. The Morgan fingerprint density at radius 1 is 1.19 bits per heavy atom. The standard InChI is InChI=1S/C20H20N2O3S/c1-12-17(14(3)25-21-12)11-22(4)20(24)16-7-5-6-15(10-16)19-9-8-18(26-19)13(2)23/h5-10H,11H2,1-4H3. The molecule has 3 rings (SSSR count). The van der Waals surface area contributed by atoms with E-state index in [1.807, 2.05) is 44.2 Å². The molecule has 1 amide bonds. The summed E-state index contributed by atoms with van der Waals surface area (Å²) in [4.78, 5) is 27.7. The highest BCUT2D eigenvalue weighted by molar-refractivity contribution is 7.17. The molecule has 3 aromatic rings. The molecule has 1 aromatic carbocycles. The van der Waals surface area contributed by atoms with Crippen LogP contribution in [0.4, 0.5) is 0 Å². The number of aromatic nitrogens is 1. The lowest BCUT2D eigenvalue weighted by Gasteiger charge is -2.17. The van der Waals surface area contributed by atoms with Crippen molar-refractivity contribution in [3.05, 3.63) is 63.9 Å². The summed E-state index contributed by atoms with van der Waals surface area (Å²) in [5.41, 5.74) is 3.27. The summed E-state index contributed by atoms with van der Waals surface area (Å²) in [5, 5.41) is 3.93. The normalized spacial score (nSPS) is 10.8. The number of rotatable bonds is 5. The van der Waals surface area contributed by atoms with Crippen LogP contribution in [-0.2, 0) is 6.54 Å². The molecule has 2 aromatic heterocycles. The Balaban J connectivity index is 1.82. The minimum absolute atomic E-state index is 0.0488. The van der Waals surface area contributed by atoms with Gasteiger partial charge >= 0.3 is 0 Å². The summed E-state index contributed by atoms with van der Waals surface area (Å²) in [6.07, 6.45) is 0. The number of Topliss-reactive ketones (excluding diaryl/α,β-unsaturated/α-hetero) is 1. The van der Waals surface area contributed by atoms with E-state index in [9.17, 15) is 9.59 Å². The molecule has 0 N–H and O–H groups in total. The van der Waals surface area contributed by atoms with Gasteiger partial charge in [-0.1, -0.05) is 17.3 Å². The Bertz CT molecular complexity index is 952. The Labute approximate surface area is 156 Å². The highest BCUT2D eigenvalue weighted by Crippen LogP contribution is 2.29. The van der Waals surface area contributed by atoms with Gasteiger partial charge in [0.1, 0.15) is 5.76 Å². The summed E-state index contributed by atoms with van der Waals surface area (Å²) in [6.45, 7) is 5.71. The molecule has 2 heterocycles. The van der Waals surface area contributed by atoms with Crippen LogP contribution in [-0.4, -0.2) is 28.8 Å². The lowest BCUT2D eigenvalue weighted by molar-refractivity contribution is 0.0784. The smallest absolute Gasteiger partial charge is 0.253 e. The van der Waals surface area contributed by atoms with Gasteiger partial charge in [-0.05, 0) is 50.6 Å². The van der Waals surface area contributed by atoms with Crippen LogP contribution in [0.25, 0.3) is 10.4 Å². The van der Waals surface area contributed by atoms with Gasteiger partial charge in [0.2, 0.25) is 0 Å². The highest BCUT2D eigenvalue weighted by atomic mass is 32.1. The van der Waals surface area contributed by atoms with Gasteiger partial charge in [0.25, 0.3) is 5.91 Å². The molecule has 0 unspecified atom stereocenters. The van der Waals surface area contributed by atoms with Gasteiger partial charge in [-0.25, -0.2) is 0 Å². The van der Waals surface area contributed by atoms with Crippen molar-refractivity contribution in [1.82, 2.24) is 10.1 Å². The van der Waals surface area contributed by atoms with Crippen molar-refractivity contribution in [1.29, 1.82) is 0 Å². The summed E-state index contributed by atoms with van der Waals surface area (Å²) in [6, 6.07) is 11.2. The zero-order valence-electron chi connectivity index (χ0n) is 15.2. The summed E-state index contributed by atoms with van der Waals surface area (Å²) < 4.78 is 5.17. The third kappa shape index (κ3) is 3.60. The number of aryl methyl sites for hydroxylation is 2. The molecule has 0 saturated heterocycles. The van der Waals surface area contributed by atoms with E-state index in [1.54, 1.807) is 24.9 Å². The SMILES string of the molecule is CC(=O)c1ccc(-c2cccc(C(=O)N(C)Cc3c(C)noc3C)c2)s1. The number of thiophene rings is 1. The second-order valence-corrected chi connectivity index (χ2v) is 7.35. The second-order valence-electron chi connectivity index (χ2n) is 6.26. The lowest BCUT2D eigenvalue weighted by atomic mass is 10.1. The number of amides is 1. The first-order chi connectivity index (χ1) is 12.4. The van der Waals surface area contributed by atoms with E-state index in [1.165, 1.54) is 11.3 Å². The van der Waals surface area contributed by atoms with Crippen molar-refractivity contribution in [3.63, 3.8) is 0 Å². The number of carbonyl (C=O) groups is 2. The fraction of sp³-hybridized carbons (Fsp3) is 0.250. The van der Waals surface area contributed by atoms with E-state index in [-0.39, 0.29) is 11.7 Å². The number of nitrogens with zero attached hydrogens (tertiary/aromatic N) is 2. The zero-order chi connectivity index (χ0) is 18.8. The minimum Gasteiger partial charge on any atom is -0.361 e. The van der Waals surface area contributed by atoms with Crippen LogP contribution < -0.4 is 0 Å². The van der Waals surface area contributed by atoms with Gasteiger partial charge in [0, 0.05) is 23.1 Å². The second kappa shape index (κ2) is 7.25. The van der Waals surface area contributed by atoms with Crippen molar-refractivity contribution >= 4 is 23.0 Å². The summed E-state index contributed by atoms with van der Waals surface area (Å²) in [5.74, 6) is 0.703. The molecule has 134 valence electrons. The number of ketones is 1. The number of hydrogen-bond donors (Lipinski definition) is 0. The van der Waals surface area contributed by atoms with Crippen LogP contribution in [0.5, 0.6) is 0 Å². The van der Waals surface area contributed by atoms with Gasteiger partial charge in [0.05, 0.1) is 17.1 Å². The Morgan fingerprint density at radius 3 is 2.58 bits per heavy atom. The topological polar surface area (TPSA) is 63.4 Å². The minimum atomic E-state index is -0.0739. The van der Waals surface area contributed by atoms with Crippen molar-refractivity contribution in [2.24, 2.45) is 0 Å². The molecule has 0 aliphatic rings. The molecule has 6 heteroatoms. The van der Waals surface area contributed by atoms with Gasteiger partial charge in [-0.2, -0.15) is 0 Å². The maximum absolute atomic E-state index is 12.8. The Kier molecular flexibility index (Phi) is 5.04. The predicted octanol–water partition coefficient (Wildman–Crippen LogP) is 4.49. The number of carbonyl (C=O) groups excluding carboxylic acids is 2. The first kappa shape index (κ1) is 18.1. The molecule has 26 heavy (non-hydrogen) atoms. The van der Waals surface area contributed by atoms with Gasteiger partial charge in [-0.3, -0.25) is 9.59 Å². The largest absolute Gasteiger partial charge is 0.361 e. The predicted molar refractivity (Wildman–Crippen MR) is 102 cm³/mol. The van der Waals surface area contributed by atoms with Crippen molar-refractivity contribution in [2.75, 3.05) is 7.05 Å². The molecular weight excluding hydrogens is 348 g/mol. The van der Waals surface area contributed by atoms with E-state index in [2.05, 4.69) is 5.16 Å². The highest BCUT2D eigenvalue weighted by Gasteiger charge is 2.17. The van der Waals surface area contributed by atoms with E-state index in [4.69, 9.17) is 4.52 Å². The quantitative estimate of drug-likeness (QED) is 0.622. The van der Waals surface area contributed by atoms with Gasteiger partial charge in [-0.15, -0.1) is 11.3 Å². The first-order valence-electron chi connectivity index (χ1n) is 8.25. The lowest BCUT2D eigenvalue weighted by Crippen LogP contribution is -2.26. The van der Waals surface area contributed by atoms with Crippen LogP contribution in [0.2, 0.25) is 0 Å². The van der Waals surface area contributed by atoms with Gasteiger partial charge < -0.3 is 9.42 Å². The first-order valence-corrected chi connectivity index (χ1v) is 9.07. The summed E-state index contributed by atoms with van der Waals surface area (Å²) in [7, 11) is 1.76. The number of benzene rings is 1. The molecule has 0 bridgehead atoms. The molecule has 0 atom stereocenters. The third-order valence-corrected chi connectivity index (χ3v) is 5.51. The monoisotopic (exact) mass is 368 g/mol. The summed E-state index contributed by atoms with van der Waals surface area (Å²) >= 11 is 1.44. The van der Waals surface area contributed by atoms with Crippen LogP contribution in [0.15, 0.2) is 40.9 Å². The molecule has 0 aliphatic carbocycles. The Morgan fingerprint density at radius 2 is 1.96 bits per heavy atom. The molecule has 0 fully saturated rings. The van der Waals surface area contributed by atoms with Crippen molar-refractivity contribution < 1.29 is 14.1 Å². The van der Waals surface area contributed by atoms with Crippen LogP contribution in [0.3, 0.4) is 0 Å². The van der Waals surface area contributed by atoms with E-state index in [0.717, 1.165) is 27.5 Å². The van der Waals surface area contributed by atoms with E-state index in [0.29, 0.717) is 17.0 Å². The average Bonchev–Trinajstić information content (AvgIpc) is 3.24. The fourth-order valence-corrected chi connectivity index (χ4v) is 3.64. The van der Waals surface area contributed by atoms with Crippen LogP contribution in [0, 0.1) is 13.8 Å². The van der Waals surface area contributed by atoms with Crippen LogP contribution >= 0.6 is 11.3 Å². The van der Waals surface area contributed by atoms with E-state index < -0.39 is 0 Å².